The maximum atomic E-state index is 13.5. The molecule has 0 radical (unpaired) electrons. The third-order valence-corrected chi connectivity index (χ3v) is 2.73. The van der Waals surface area contributed by atoms with E-state index in [-0.39, 0.29) is 18.3 Å². The maximum absolute atomic E-state index is 13.5. The van der Waals surface area contributed by atoms with Gasteiger partial charge in [0.1, 0.15) is 11.6 Å². The highest BCUT2D eigenvalue weighted by atomic mass is 19.1. The molecule has 1 rings (SSSR count). The first-order chi connectivity index (χ1) is 9.85. The number of amides is 1. The Morgan fingerprint density at radius 1 is 1.43 bits per heavy atom. The van der Waals surface area contributed by atoms with Gasteiger partial charge in [0.25, 0.3) is 5.91 Å². The monoisotopic (exact) mass is 295 g/mol. The summed E-state index contributed by atoms with van der Waals surface area (Å²) in [5, 5.41) is 8.71. The zero-order valence-electron chi connectivity index (χ0n) is 12.1. The summed E-state index contributed by atoms with van der Waals surface area (Å²) >= 11 is 0. The summed E-state index contributed by atoms with van der Waals surface area (Å²) in [6.07, 6.45) is 0. The minimum atomic E-state index is -1.35. The number of aromatic carboxylic acids is 1. The van der Waals surface area contributed by atoms with E-state index in [1.807, 2.05) is 13.8 Å². The van der Waals surface area contributed by atoms with Crippen LogP contribution in [-0.2, 0) is 4.79 Å². The van der Waals surface area contributed by atoms with E-state index < -0.39 is 17.3 Å². The predicted octanol–water partition coefficient (Wildman–Crippen LogP) is 2.33. The highest BCUT2D eigenvalue weighted by Crippen LogP contribution is 2.16. The van der Waals surface area contributed by atoms with Crippen molar-refractivity contribution >= 4 is 11.9 Å². The summed E-state index contributed by atoms with van der Waals surface area (Å²) in [4.78, 5) is 24.2. The zero-order chi connectivity index (χ0) is 16.0. The van der Waals surface area contributed by atoms with Gasteiger partial charge in [0.2, 0.25) is 0 Å². The van der Waals surface area contributed by atoms with Gasteiger partial charge in [-0.15, -0.1) is 0 Å². The van der Waals surface area contributed by atoms with Crippen LogP contribution in [0.3, 0.4) is 0 Å². The zero-order valence-corrected chi connectivity index (χ0v) is 12.1. The molecular weight excluding hydrogens is 277 g/mol. The van der Waals surface area contributed by atoms with Gasteiger partial charge in [-0.05, 0) is 26.0 Å². The molecule has 1 aromatic rings. The molecule has 1 N–H and O–H groups in total. The largest absolute Gasteiger partial charge is 0.484 e. The summed E-state index contributed by atoms with van der Waals surface area (Å²) in [5.41, 5.74) is 0.410. The summed E-state index contributed by atoms with van der Waals surface area (Å²) in [6, 6.07) is 3.36. The fourth-order valence-corrected chi connectivity index (χ4v) is 1.70. The molecule has 0 aliphatic rings. The van der Waals surface area contributed by atoms with Crippen molar-refractivity contribution in [3.8, 4) is 5.75 Å². The van der Waals surface area contributed by atoms with E-state index >= 15 is 0 Å². The normalized spacial score (nSPS) is 10.0. The van der Waals surface area contributed by atoms with Crippen LogP contribution in [0.15, 0.2) is 30.4 Å². The standard InChI is InChI=1S/C15H18FNO4/c1-4-17(8-10(2)3)14(18)9-21-11-5-6-12(15(19)20)13(16)7-11/h5-7H,2,4,8-9H2,1,3H3,(H,19,20). The number of carbonyl (C=O) groups excluding carboxylic acids is 1. The molecule has 0 heterocycles. The number of likely N-dealkylation sites (N-methyl/N-ethyl adjacent to an activating group) is 1. The average Bonchev–Trinajstić information content (AvgIpc) is 2.41. The van der Waals surface area contributed by atoms with Crippen molar-refractivity contribution in [2.24, 2.45) is 0 Å². The third kappa shape index (κ3) is 4.91. The van der Waals surface area contributed by atoms with Crippen LogP contribution in [0, 0.1) is 5.82 Å². The lowest BCUT2D eigenvalue weighted by Crippen LogP contribution is -2.35. The molecule has 0 spiro atoms. The molecule has 0 atom stereocenters. The van der Waals surface area contributed by atoms with Crippen LogP contribution in [-0.4, -0.2) is 41.6 Å². The van der Waals surface area contributed by atoms with Gasteiger partial charge in [0, 0.05) is 19.2 Å². The topological polar surface area (TPSA) is 66.8 Å². The second-order valence-corrected chi connectivity index (χ2v) is 4.60. The Morgan fingerprint density at radius 3 is 2.57 bits per heavy atom. The first-order valence-electron chi connectivity index (χ1n) is 6.43. The molecule has 1 amide bonds. The van der Waals surface area contributed by atoms with E-state index in [1.54, 1.807) is 4.90 Å². The number of halogens is 1. The van der Waals surface area contributed by atoms with Gasteiger partial charge in [-0.2, -0.15) is 0 Å². The molecular formula is C15H18FNO4. The molecule has 1 aromatic carbocycles. The second kappa shape index (κ2) is 7.42. The SMILES string of the molecule is C=C(C)CN(CC)C(=O)COc1ccc(C(=O)O)c(F)c1. The molecule has 21 heavy (non-hydrogen) atoms. The highest BCUT2D eigenvalue weighted by molar-refractivity contribution is 5.88. The Morgan fingerprint density at radius 2 is 2.10 bits per heavy atom. The van der Waals surface area contributed by atoms with E-state index in [0.29, 0.717) is 13.1 Å². The van der Waals surface area contributed by atoms with Crippen LogP contribution in [0.4, 0.5) is 4.39 Å². The van der Waals surface area contributed by atoms with Crippen molar-refractivity contribution in [1.29, 1.82) is 0 Å². The minimum Gasteiger partial charge on any atom is -0.484 e. The quantitative estimate of drug-likeness (QED) is 0.784. The van der Waals surface area contributed by atoms with Gasteiger partial charge >= 0.3 is 5.97 Å². The first-order valence-corrected chi connectivity index (χ1v) is 6.43. The van der Waals surface area contributed by atoms with Crippen molar-refractivity contribution in [3.05, 3.63) is 41.7 Å². The lowest BCUT2D eigenvalue weighted by Gasteiger charge is -2.21. The number of hydrogen-bond donors (Lipinski definition) is 1. The third-order valence-electron chi connectivity index (χ3n) is 2.73. The van der Waals surface area contributed by atoms with Crippen LogP contribution in [0.5, 0.6) is 5.75 Å². The van der Waals surface area contributed by atoms with Crippen molar-refractivity contribution in [1.82, 2.24) is 4.90 Å². The van der Waals surface area contributed by atoms with Gasteiger partial charge in [0.15, 0.2) is 6.61 Å². The van der Waals surface area contributed by atoms with E-state index in [0.717, 1.165) is 17.7 Å². The number of carbonyl (C=O) groups is 2. The molecule has 0 aliphatic carbocycles. The van der Waals surface area contributed by atoms with Gasteiger partial charge < -0.3 is 14.7 Å². The molecule has 5 nitrogen and oxygen atoms in total. The lowest BCUT2D eigenvalue weighted by atomic mass is 10.2. The van der Waals surface area contributed by atoms with E-state index in [2.05, 4.69) is 6.58 Å². The Bertz CT molecular complexity index is 557. The van der Waals surface area contributed by atoms with Crippen molar-refractivity contribution in [2.75, 3.05) is 19.7 Å². The van der Waals surface area contributed by atoms with Crippen LogP contribution in [0.25, 0.3) is 0 Å². The fourth-order valence-electron chi connectivity index (χ4n) is 1.70. The van der Waals surface area contributed by atoms with Gasteiger partial charge in [-0.1, -0.05) is 12.2 Å². The molecule has 6 heteroatoms. The first kappa shape index (κ1) is 16.7. The van der Waals surface area contributed by atoms with Crippen LogP contribution >= 0.6 is 0 Å². The van der Waals surface area contributed by atoms with Gasteiger partial charge in [-0.25, -0.2) is 9.18 Å². The molecule has 0 saturated carbocycles. The van der Waals surface area contributed by atoms with E-state index in [9.17, 15) is 14.0 Å². The number of hydrogen-bond acceptors (Lipinski definition) is 3. The summed E-state index contributed by atoms with van der Waals surface area (Å²) in [6.45, 7) is 8.10. The molecule has 0 aliphatic heterocycles. The average molecular weight is 295 g/mol. The molecule has 0 unspecified atom stereocenters. The molecule has 0 fully saturated rings. The van der Waals surface area contributed by atoms with E-state index in [1.165, 1.54) is 6.07 Å². The van der Waals surface area contributed by atoms with Crippen LogP contribution in [0.2, 0.25) is 0 Å². The fraction of sp³-hybridized carbons (Fsp3) is 0.333. The number of carboxylic acid groups (broad SMARTS) is 1. The predicted molar refractivity (Wildman–Crippen MR) is 75.9 cm³/mol. The Hall–Kier alpha value is -2.37. The van der Waals surface area contributed by atoms with Crippen LogP contribution in [0.1, 0.15) is 24.2 Å². The number of rotatable bonds is 7. The number of nitrogens with zero attached hydrogens (tertiary/aromatic N) is 1. The molecule has 114 valence electrons. The highest BCUT2D eigenvalue weighted by Gasteiger charge is 2.14. The van der Waals surface area contributed by atoms with Crippen molar-refractivity contribution < 1.29 is 23.8 Å². The second-order valence-electron chi connectivity index (χ2n) is 4.60. The smallest absolute Gasteiger partial charge is 0.338 e. The number of ether oxygens (including phenoxy) is 1. The summed E-state index contributed by atoms with van der Waals surface area (Å²) in [7, 11) is 0. The van der Waals surface area contributed by atoms with Crippen molar-refractivity contribution in [3.63, 3.8) is 0 Å². The maximum Gasteiger partial charge on any atom is 0.338 e. The van der Waals surface area contributed by atoms with Gasteiger partial charge in [0.05, 0.1) is 5.56 Å². The van der Waals surface area contributed by atoms with Gasteiger partial charge in [-0.3, -0.25) is 4.79 Å². The molecule has 0 aromatic heterocycles. The summed E-state index contributed by atoms with van der Waals surface area (Å²) in [5.74, 6) is -2.39. The molecule has 0 saturated heterocycles. The summed E-state index contributed by atoms with van der Waals surface area (Å²) < 4.78 is 18.6. The van der Waals surface area contributed by atoms with Crippen molar-refractivity contribution in [2.45, 2.75) is 13.8 Å². The lowest BCUT2D eigenvalue weighted by molar-refractivity contribution is -0.132. The Labute approximate surface area is 122 Å². The molecule has 0 bridgehead atoms. The Balaban J connectivity index is 2.66. The number of carboxylic acids is 1. The number of benzene rings is 1. The van der Waals surface area contributed by atoms with E-state index in [4.69, 9.17) is 9.84 Å². The Kier molecular flexibility index (Phi) is 5.90. The van der Waals surface area contributed by atoms with Crippen LogP contribution < -0.4 is 4.74 Å². The minimum absolute atomic E-state index is 0.109.